The Labute approximate surface area is 230 Å². The number of ketones is 1. The van der Waals surface area contributed by atoms with Crippen molar-refractivity contribution in [3.63, 3.8) is 0 Å². The summed E-state index contributed by atoms with van der Waals surface area (Å²) in [7, 11) is 0. The van der Waals surface area contributed by atoms with Crippen LogP contribution in [-0.2, 0) is 9.53 Å². The largest absolute Gasteiger partial charge is 0.378 e. The summed E-state index contributed by atoms with van der Waals surface area (Å²) in [6, 6.07) is 9.05. The first-order valence-electron chi connectivity index (χ1n) is 13.3. The van der Waals surface area contributed by atoms with Crippen molar-refractivity contribution < 1.29 is 19.1 Å². The van der Waals surface area contributed by atoms with Crippen LogP contribution >= 0.6 is 0 Å². The average molecular weight is 540 g/mol. The summed E-state index contributed by atoms with van der Waals surface area (Å²) in [6.45, 7) is 6.01. The Morgan fingerprint density at radius 2 is 1.57 bits per heavy atom. The molecule has 6 rings (SSSR count). The standard InChI is InChI=1S/C29H29N7O4/c1-19-15-32-25(22-17-31-23(18-30-22)34-11-13-40-14-12-34)26-24(19)21(16-33-26)27(37)29(39)36-9-7-35(8-10-36)28(38)20-5-3-2-4-6-20/h2-6,15-18,33H,7-14H2,1H3. The molecule has 0 atom stereocenters. The fraction of sp³-hybridized carbons (Fsp3) is 0.310. The smallest absolute Gasteiger partial charge is 0.295 e. The van der Waals surface area contributed by atoms with Crippen LogP contribution in [0.5, 0.6) is 0 Å². The van der Waals surface area contributed by atoms with Gasteiger partial charge in [0, 0.05) is 62.6 Å². The Morgan fingerprint density at radius 3 is 2.27 bits per heavy atom. The number of aromatic amines is 1. The van der Waals surface area contributed by atoms with Gasteiger partial charge in [-0.2, -0.15) is 0 Å². The van der Waals surface area contributed by atoms with Gasteiger partial charge in [-0.25, -0.2) is 9.97 Å². The number of H-pyrrole nitrogens is 1. The molecule has 0 aliphatic carbocycles. The Hall–Kier alpha value is -4.64. The number of ether oxygens (including phenoxy) is 1. The zero-order chi connectivity index (χ0) is 27.6. The monoisotopic (exact) mass is 539 g/mol. The molecule has 40 heavy (non-hydrogen) atoms. The molecule has 11 nitrogen and oxygen atoms in total. The summed E-state index contributed by atoms with van der Waals surface area (Å²) in [6.07, 6.45) is 6.63. The van der Waals surface area contributed by atoms with Gasteiger partial charge in [-0.3, -0.25) is 19.4 Å². The third kappa shape index (κ3) is 4.79. The first-order chi connectivity index (χ1) is 19.5. The van der Waals surface area contributed by atoms with E-state index in [0.29, 0.717) is 72.8 Å². The fourth-order valence-corrected chi connectivity index (χ4v) is 5.22. The van der Waals surface area contributed by atoms with E-state index in [1.165, 1.54) is 4.90 Å². The average Bonchev–Trinajstić information content (AvgIpc) is 3.47. The van der Waals surface area contributed by atoms with Gasteiger partial charge < -0.3 is 24.4 Å². The van der Waals surface area contributed by atoms with Crippen molar-refractivity contribution in [3.05, 3.63) is 71.8 Å². The number of nitrogens with zero attached hydrogens (tertiary/aromatic N) is 6. The second kappa shape index (κ2) is 10.9. The molecule has 3 aromatic heterocycles. The molecular formula is C29H29N7O4. The van der Waals surface area contributed by atoms with Gasteiger partial charge in [-0.05, 0) is 24.6 Å². The van der Waals surface area contributed by atoms with Gasteiger partial charge in [-0.1, -0.05) is 18.2 Å². The van der Waals surface area contributed by atoms with Crippen LogP contribution in [0.25, 0.3) is 22.3 Å². The molecule has 0 saturated carbocycles. The number of carbonyl (C=O) groups excluding carboxylic acids is 3. The molecule has 5 heterocycles. The Balaban J connectivity index is 1.19. The van der Waals surface area contributed by atoms with Crippen molar-refractivity contribution in [2.75, 3.05) is 57.4 Å². The molecule has 2 aliphatic rings. The number of pyridine rings is 1. The third-order valence-electron chi connectivity index (χ3n) is 7.43. The van der Waals surface area contributed by atoms with Crippen LogP contribution in [0.1, 0.15) is 26.3 Å². The predicted octanol–water partition coefficient (Wildman–Crippen LogP) is 2.33. The lowest BCUT2D eigenvalue weighted by atomic mass is 10.0. The second-order valence-electron chi connectivity index (χ2n) is 9.88. The van der Waals surface area contributed by atoms with Crippen LogP contribution in [0.2, 0.25) is 0 Å². The van der Waals surface area contributed by atoms with Crippen molar-refractivity contribution >= 4 is 34.3 Å². The number of carbonyl (C=O) groups is 3. The number of nitrogens with one attached hydrogen (secondary N) is 1. The molecule has 2 aliphatic heterocycles. The summed E-state index contributed by atoms with van der Waals surface area (Å²) in [5.41, 5.74) is 3.42. The van der Waals surface area contributed by atoms with Crippen molar-refractivity contribution in [2.24, 2.45) is 0 Å². The highest BCUT2D eigenvalue weighted by atomic mass is 16.5. The minimum Gasteiger partial charge on any atom is -0.378 e. The SMILES string of the molecule is Cc1cnc(-c2cnc(N3CCOCC3)cn2)c2[nH]cc(C(=O)C(=O)N3CCN(C(=O)c4ccccc4)CC3)c12. The van der Waals surface area contributed by atoms with Gasteiger partial charge in [0.05, 0.1) is 36.7 Å². The van der Waals surface area contributed by atoms with Crippen LogP contribution in [0.3, 0.4) is 0 Å². The minimum atomic E-state index is -0.594. The van der Waals surface area contributed by atoms with E-state index in [9.17, 15) is 14.4 Å². The summed E-state index contributed by atoms with van der Waals surface area (Å²) in [4.78, 5) is 61.7. The maximum absolute atomic E-state index is 13.4. The first kappa shape index (κ1) is 25.6. The maximum atomic E-state index is 13.4. The van der Waals surface area contributed by atoms with Gasteiger partial charge in [-0.15, -0.1) is 0 Å². The number of aromatic nitrogens is 4. The van der Waals surface area contributed by atoms with E-state index in [4.69, 9.17) is 4.74 Å². The Kier molecular flexibility index (Phi) is 6.95. The van der Waals surface area contributed by atoms with Crippen molar-refractivity contribution in [2.45, 2.75) is 6.92 Å². The number of amides is 2. The van der Waals surface area contributed by atoms with E-state index in [1.807, 2.05) is 25.1 Å². The lowest BCUT2D eigenvalue weighted by Crippen LogP contribution is -2.52. The van der Waals surface area contributed by atoms with Crippen molar-refractivity contribution in [1.29, 1.82) is 0 Å². The van der Waals surface area contributed by atoms with Crippen LogP contribution in [-0.4, -0.2) is 99.8 Å². The quantitative estimate of drug-likeness (QED) is 0.303. The fourth-order valence-electron chi connectivity index (χ4n) is 5.22. The molecule has 0 spiro atoms. The minimum absolute atomic E-state index is 0.0765. The van der Waals surface area contributed by atoms with E-state index in [2.05, 4.69) is 24.8 Å². The maximum Gasteiger partial charge on any atom is 0.295 e. The summed E-state index contributed by atoms with van der Waals surface area (Å²) < 4.78 is 5.41. The molecule has 1 N–H and O–H groups in total. The molecule has 0 unspecified atom stereocenters. The topological polar surface area (TPSA) is 125 Å². The number of rotatable bonds is 5. The molecule has 0 bridgehead atoms. The number of aryl methyl sites for hydroxylation is 1. The van der Waals surface area contributed by atoms with Gasteiger partial charge in [0.2, 0.25) is 0 Å². The van der Waals surface area contributed by atoms with E-state index in [1.54, 1.807) is 41.8 Å². The van der Waals surface area contributed by atoms with E-state index < -0.39 is 11.7 Å². The van der Waals surface area contributed by atoms with Crippen molar-refractivity contribution in [1.82, 2.24) is 29.7 Å². The van der Waals surface area contributed by atoms with Gasteiger partial charge in [0.15, 0.2) is 0 Å². The van der Waals surface area contributed by atoms with Crippen LogP contribution < -0.4 is 4.90 Å². The molecule has 11 heteroatoms. The van der Waals surface area contributed by atoms with E-state index >= 15 is 0 Å². The molecule has 1 aromatic carbocycles. The van der Waals surface area contributed by atoms with Gasteiger partial charge in [0.1, 0.15) is 17.2 Å². The van der Waals surface area contributed by atoms with E-state index in [0.717, 1.165) is 24.5 Å². The Bertz CT molecular complexity index is 1550. The van der Waals surface area contributed by atoms with Crippen LogP contribution in [0.4, 0.5) is 5.82 Å². The number of piperazine rings is 1. The summed E-state index contributed by atoms with van der Waals surface area (Å²) in [5.74, 6) is -0.482. The zero-order valence-electron chi connectivity index (χ0n) is 22.2. The number of benzene rings is 1. The Morgan fingerprint density at radius 1 is 0.850 bits per heavy atom. The molecule has 4 aromatic rings. The normalized spacial score (nSPS) is 15.9. The van der Waals surface area contributed by atoms with Crippen LogP contribution in [0.15, 0.2) is 55.1 Å². The third-order valence-corrected chi connectivity index (χ3v) is 7.43. The summed E-state index contributed by atoms with van der Waals surface area (Å²) in [5, 5.41) is 0.639. The first-order valence-corrected chi connectivity index (χ1v) is 13.3. The van der Waals surface area contributed by atoms with Gasteiger partial charge in [0.25, 0.3) is 17.6 Å². The molecular weight excluding hydrogens is 510 g/mol. The van der Waals surface area contributed by atoms with Crippen molar-refractivity contribution in [3.8, 4) is 11.4 Å². The van der Waals surface area contributed by atoms with Crippen LogP contribution in [0, 0.1) is 6.92 Å². The number of anilines is 1. The lowest BCUT2D eigenvalue weighted by molar-refractivity contribution is -0.127. The molecule has 2 fully saturated rings. The highest BCUT2D eigenvalue weighted by molar-refractivity contribution is 6.45. The molecule has 2 amide bonds. The molecule has 2 saturated heterocycles. The van der Waals surface area contributed by atoms with E-state index in [-0.39, 0.29) is 5.91 Å². The lowest BCUT2D eigenvalue weighted by Gasteiger charge is -2.34. The van der Waals surface area contributed by atoms with Gasteiger partial charge >= 0.3 is 0 Å². The zero-order valence-corrected chi connectivity index (χ0v) is 22.2. The molecule has 204 valence electrons. The summed E-state index contributed by atoms with van der Waals surface area (Å²) >= 11 is 0. The highest BCUT2D eigenvalue weighted by Gasteiger charge is 2.31. The predicted molar refractivity (Wildman–Crippen MR) is 148 cm³/mol. The number of hydrogen-bond donors (Lipinski definition) is 1. The number of fused-ring (bicyclic) bond motifs is 1. The number of hydrogen-bond acceptors (Lipinski definition) is 8. The second-order valence-corrected chi connectivity index (χ2v) is 9.88. The highest BCUT2D eigenvalue weighted by Crippen LogP contribution is 2.30. The number of Topliss-reactive ketones (excluding diaryl/α,β-unsaturated/α-hetero) is 1. The number of morpholine rings is 1. The molecule has 0 radical (unpaired) electrons.